The summed E-state index contributed by atoms with van der Waals surface area (Å²) in [6, 6.07) is 0. The van der Waals surface area contributed by atoms with Crippen LogP contribution in [0.1, 0.15) is 51.4 Å². The maximum absolute atomic E-state index is 11.4. The van der Waals surface area contributed by atoms with Crippen molar-refractivity contribution < 1.29 is 14.6 Å². The molecule has 1 aliphatic heterocycles. The lowest BCUT2D eigenvalue weighted by molar-refractivity contribution is -0.313. The average molecular weight is 210 g/mol. The third-order valence-electron chi connectivity index (χ3n) is 4.61. The highest BCUT2D eigenvalue weighted by Crippen LogP contribution is 2.61. The van der Waals surface area contributed by atoms with Gasteiger partial charge in [0, 0.05) is 0 Å². The van der Waals surface area contributed by atoms with E-state index in [0.717, 1.165) is 51.4 Å². The summed E-state index contributed by atoms with van der Waals surface area (Å²) >= 11 is 0. The Bertz CT molecular complexity index is 263. The second kappa shape index (κ2) is 2.97. The third kappa shape index (κ3) is 1.13. The summed E-state index contributed by atoms with van der Waals surface area (Å²) < 4.78 is 6.13. The fraction of sp³-hybridized carbons (Fsp3) is 0.917. The maximum Gasteiger partial charge on any atom is 0.312 e. The highest BCUT2D eigenvalue weighted by atomic mass is 16.6. The first-order chi connectivity index (χ1) is 7.19. The highest BCUT2D eigenvalue weighted by molar-refractivity contribution is 5.75. The Morgan fingerprint density at radius 2 is 1.40 bits per heavy atom. The molecular weight excluding hydrogens is 192 g/mol. The molecule has 2 spiro atoms. The first-order valence-corrected chi connectivity index (χ1v) is 6.12. The van der Waals surface area contributed by atoms with Gasteiger partial charge in [0.15, 0.2) is 0 Å². The molecule has 3 rings (SSSR count). The lowest BCUT2D eigenvalue weighted by atomic mass is 9.66. The summed E-state index contributed by atoms with van der Waals surface area (Å²) in [5.74, 6) is -0.833. The van der Waals surface area contributed by atoms with E-state index in [-0.39, 0.29) is 17.1 Å². The van der Waals surface area contributed by atoms with E-state index in [4.69, 9.17) is 4.74 Å². The molecule has 0 aromatic heterocycles. The van der Waals surface area contributed by atoms with Crippen molar-refractivity contribution in [3.05, 3.63) is 0 Å². The number of carboxylic acids is 1. The van der Waals surface area contributed by atoms with Gasteiger partial charge in [-0.1, -0.05) is 25.7 Å². The summed E-state index contributed by atoms with van der Waals surface area (Å²) in [6.45, 7) is 0. The molecule has 3 fully saturated rings. The fourth-order valence-electron chi connectivity index (χ4n) is 4.12. The first kappa shape index (κ1) is 9.64. The number of hydrogen-bond donors (Lipinski definition) is 1. The fourth-order valence-corrected chi connectivity index (χ4v) is 4.12. The monoisotopic (exact) mass is 210 g/mol. The van der Waals surface area contributed by atoms with Crippen molar-refractivity contribution >= 4 is 5.97 Å². The van der Waals surface area contributed by atoms with Crippen molar-refractivity contribution in [2.75, 3.05) is 0 Å². The molecule has 0 aromatic carbocycles. The van der Waals surface area contributed by atoms with Gasteiger partial charge in [0.2, 0.25) is 0 Å². The highest BCUT2D eigenvalue weighted by Gasteiger charge is 2.68. The molecule has 1 saturated heterocycles. The van der Waals surface area contributed by atoms with Crippen LogP contribution in [0, 0.1) is 5.92 Å². The molecule has 2 saturated carbocycles. The van der Waals surface area contributed by atoms with E-state index < -0.39 is 5.97 Å². The van der Waals surface area contributed by atoms with Gasteiger partial charge < -0.3 is 9.84 Å². The second-order valence-electron chi connectivity index (χ2n) is 5.42. The Morgan fingerprint density at radius 3 is 1.73 bits per heavy atom. The third-order valence-corrected chi connectivity index (χ3v) is 4.61. The van der Waals surface area contributed by atoms with Crippen molar-refractivity contribution in [2.24, 2.45) is 5.92 Å². The minimum absolute atomic E-state index is 0.213. The van der Waals surface area contributed by atoms with Crippen LogP contribution < -0.4 is 0 Å². The summed E-state index contributed by atoms with van der Waals surface area (Å²) in [5, 5.41) is 9.40. The van der Waals surface area contributed by atoms with Crippen LogP contribution in [0.15, 0.2) is 0 Å². The molecule has 0 unspecified atom stereocenters. The van der Waals surface area contributed by atoms with Gasteiger partial charge in [-0.3, -0.25) is 4.79 Å². The number of carboxylic acid groups (broad SMARTS) is 1. The molecule has 84 valence electrons. The maximum atomic E-state index is 11.4. The summed E-state index contributed by atoms with van der Waals surface area (Å²) in [6.07, 6.45) is 8.41. The smallest absolute Gasteiger partial charge is 0.312 e. The van der Waals surface area contributed by atoms with Gasteiger partial charge in [-0.25, -0.2) is 0 Å². The SMILES string of the molecule is O=C(O)C1C2(CCCC2)OC12CCCC2. The Balaban J connectivity index is 1.88. The normalized spacial score (nSPS) is 32.3. The first-order valence-electron chi connectivity index (χ1n) is 6.12. The number of ether oxygens (including phenoxy) is 1. The molecule has 15 heavy (non-hydrogen) atoms. The molecule has 0 aromatic rings. The van der Waals surface area contributed by atoms with E-state index in [9.17, 15) is 9.90 Å². The van der Waals surface area contributed by atoms with Crippen LogP contribution in [-0.2, 0) is 9.53 Å². The van der Waals surface area contributed by atoms with Gasteiger partial charge in [-0.05, 0) is 25.7 Å². The molecule has 2 aliphatic carbocycles. The Morgan fingerprint density at radius 1 is 1.00 bits per heavy atom. The molecule has 1 heterocycles. The van der Waals surface area contributed by atoms with E-state index in [1.807, 2.05) is 0 Å². The van der Waals surface area contributed by atoms with Gasteiger partial charge in [-0.15, -0.1) is 0 Å². The summed E-state index contributed by atoms with van der Waals surface area (Å²) in [4.78, 5) is 11.4. The molecule has 1 N–H and O–H groups in total. The number of hydrogen-bond acceptors (Lipinski definition) is 2. The predicted octanol–water partition coefficient (Wildman–Crippen LogP) is 2.34. The van der Waals surface area contributed by atoms with Gasteiger partial charge in [-0.2, -0.15) is 0 Å². The predicted molar refractivity (Wildman–Crippen MR) is 54.6 cm³/mol. The van der Waals surface area contributed by atoms with E-state index in [1.165, 1.54) is 0 Å². The average Bonchev–Trinajstić information content (AvgIpc) is 2.74. The Hall–Kier alpha value is -0.570. The van der Waals surface area contributed by atoms with Gasteiger partial charge in [0.05, 0.1) is 11.2 Å². The van der Waals surface area contributed by atoms with E-state index >= 15 is 0 Å². The van der Waals surface area contributed by atoms with Crippen LogP contribution in [0.5, 0.6) is 0 Å². The van der Waals surface area contributed by atoms with Crippen molar-refractivity contribution in [1.29, 1.82) is 0 Å². The molecule has 0 atom stereocenters. The van der Waals surface area contributed by atoms with E-state index in [2.05, 4.69) is 0 Å². The van der Waals surface area contributed by atoms with Crippen molar-refractivity contribution in [2.45, 2.75) is 62.6 Å². The molecule has 3 nitrogen and oxygen atoms in total. The van der Waals surface area contributed by atoms with Crippen LogP contribution >= 0.6 is 0 Å². The summed E-state index contributed by atoms with van der Waals surface area (Å²) in [7, 11) is 0. The zero-order chi connectivity index (χ0) is 10.5. The Labute approximate surface area is 89.8 Å². The zero-order valence-corrected chi connectivity index (χ0v) is 9.00. The van der Waals surface area contributed by atoms with Gasteiger partial charge >= 0.3 is 5.97 Å². The van der Waals surface area contributed by atoms with Gasteiger partial charge in [0.1, 0.15) is 5.92 Å². The zero-order valence-electron chi connectivity index (χ0n) is 9.00. The van der Waals surface area contributed by atoms with Crippen LogP contribution in [0.25, 0.3) is 0 Å². The molecule has 0 amide bonds. The van der Waals surface area contributed by atoms with Crippen LogP contribution in [-0.4, -0.2) is 22.3 Å². The molecule has 0 radical (unpaired) electrons. The van der Waals surface area contributed by atoms with E-state index in [0.29, 0.717) is 0 Å². The number of rotatable bonds is 1. The van der Waals surface area contributed by atoms with Crippen molar-refractivity contribution in [3.63, 3.8) is 0 Å². The minimum Gasteiger partial charge on any atom is -0.481 e. The van der Waals surface area contributed by atoms with Crippen LogP contribution in [0.3, 0.4) is 0 Å². The quantitative estimate of drug-likeness (QED) is 0.722. The molecular formula is C12H18O3. The minimum atomic E-state index is -0.620. The number of carbonyl (C=O) groups is 1. The van der Waals surface area contributed by atoms with Crippen molar-refractivity contribution in [3.8, 4) is 0 Å². The Kier molecular flexibility index (Phi) is 1.91. The molecule has 0 bridgehead atoms. The lowest BCUT2D eigenvalue weighted by Gasteiger charge is -2.58. The molecule has 3 aliphatic rings. The molecule has 3 heteroatoms. The van der Waals surface area contributed by atoms with Crippen molar-refractivity contribution in [1.82, 2.24) is 0 Å². The van der Waals surface area contributed by atoms with E-state index in [1.54, 1.807) is 0 Å². The summed E-state index contributed by atoms with van der Waals surface area (Å²) in [5.41, 5.74) is -0.535. The standard InChI is InChI=1S/C12H18O3/c13-10(14)9-11(5-1-2-6-11)15-12(9)7-3-4-8-12/h9H,1-8H2,(H,13,14). The lowest BCUT2D eigenvalue weighted by Crippen LogP contribution is -2.68. The second-order valence-corrected chi connectivity index (χ2v) is 5.42. The van der Waals surface area contributed by atoms with Crippen LogP contribution in [0.2, 0.25) is 0 Å². The topological polar surface area (TPSA) is 46.5 Å². The number of aliphatic carboxylic acids is 1. The largest absolute Gasteiger partial charge is 0.481 e. The van der Waals surface area contributed by atoms with Gasteiger partial charge in [0.25, 0.3) is 0 Å². The van der Waals surface area contributed by atoms with Crippen LogP contribution in [0.4, 0.5) is 0 Å².